The number of halogens is 3. The highest BCUT2D eigenvalue weighted by molar-refractivity contribution is 6.10. The van der Waals surface area contributed by atoms with Gasteiger partial charge in [0.2, 0.25) is 11.7 Å². The number of hydrogen-bond acceptors (Lipinski definition) is 3. The average molecular weight is 237 g/mol. The normalized spacial score (nSPS) is 21.4. The lowest BCUT2D eigenvalue weighted by Crippen LogP contribution is -2.31. The van der Waals surface area contributed by atoms with Crippen molar-refractivity contribution in [1.82, 2.24) is 4.90 Å². The first-order chi connectivity index (χ1) is 7.23. The van der Waals surface area contributed by atoms with Crippen LogP contribution in [0.15, 0.2) is 0 Å². The topological polar surface area (TPSA) is 54.5 Å². The van der Waals surface area contributed by atoms with E-state index in [-0.39, 0.29) is 6.42 Å². The fourth-order valence-electron chi connectivity index (χ4n) is 1.50. The predicted molar refractivity (Wildman–Crippen MR) is 46.4 cm³/mol. The number of ketones is 2. The first kappa shape index (κ1) is 12.7. The molecule has 1 heterocycles. The van der Waals surface area contributed by atoms with E-state index in [0.29, 0.717) is 6.54 Å². The summed E-state index contributed by atoms with van der Waals surface area (Å²) in [6.45, 7) is 0.329. The maximum Gasteiger partial charge on any atom is 0.450 e. The van der Waals surface area contributed by atoms with E-state index in [4.69, 9.17) is 0 Å². The fraction of sp³-hybridized carbons (Fsp3) is 0.667. The molecule has 0 bridgehead atoms. The van der Waals surface area contributed by atoms with Gasteiger partial charge in [0.15, 0.2) is 5.78 Å². The maximum absolute atomic E-state index is 11.9. The van der Waals surface area contributed by atoms with Crippen molar-refractivity contribution in [3.63, 3.8) is 0 Å². The second kappa shape index (κ2) is 4.23. The maximum atomic E-state index is 11.9. The molecule has 0 radical (unpaired) electrons. The van der Waals surface area contributed by atoms with Crippen LogP contribution in [0.3, 0.4) is 0 Å². The minimum absolute atomic E-state index is 0.180. The molecule has 0 aromatic carbocycles. The van der Waals surface area contributed by atoms with E-state index in [2.05, 4.69) is 0 Å². The minimum Gasteiger partial charge on any atom is -0.345 e. The van der Waals surface area contributed by atoms with Crippen molar-refractivity contribution in [2.75, 3.05) is 13.6 Å². The first-order valence-electron chi connectivity index (χ1n) is 4.61. The van der Waals surface area contributed by atoms with E-state index >= 15 is 0 Å². The minimum atomic E-state index is -5.01. The molecule has 1 rings (SSSR count). The van der Waals surface area contributed by atoms with E-state index < -0.39 is 36.0 Å². The van der Waals surface area contributed by atoms with Crippen molar-refractivity contribution >= 4 is 17.5 Å². The second-order valence-corrected chi connectivity index (χ2v) is 3.67. The van der Waals surface area contributed by atoms with Gasteiger partial charge in [0, 0.05) is 13.6 Å². The van der Waals surface area contributed by atoms with Gasteiger partial charge in [-0.05, 0) is 6.42 Å². The van der Waals surface area contributed by atoms with Gasteiger partial charge in [-0.25, -0.2) is 0 Å². The second-order valence-electron chi connectivity index (χ2n) is 3.67. The number of carbonyl (C=O) groups is 3. The SMILES string of the molecule is CN1CCC(C(=O)CC(=O)C(F)(F)F)C1=O. The van der Waals surface area contributed by atoms with Gasteiger partial charge >= 0.3 is 6.18 Å². The molecule has 1 fully saturated rings. The van der Waals surface area contributed by atoms with Crippen molar-refractivity contribution in [3.05, 3.63) is 0 Å². The molecule has 1 saturated heterocycles. The lowest BCUT2D eigenvalue weighted by Gasteiger charge is -2.09. The Hall–Kier alpha value is -1.40. The van der Waals surface area contributed by atoms with Crippen molar-refractivity contribution in [2.45, 2.75) is 19.0 Å². The molecule has 7 heteroatoms. The molecule has 1 amide bonds. The fourth-order valence-corrected chi connectivity index (χ4v) is 1.50. The summed E-state index contributed by atoms with van der Waals surface area (Å²) in [5.74, 6) is -4.65. The van der Waals surface area contributed by atoms with Gasteiger partial charge in [0.1, 0.15) is 0 Å². The summed E-state index contributed by atoms with van der Waals surface area (Å²) in [4.78, 5) is 34.4. The molecule has 90 valence electrons. The molecule has 0 aromatic heterocycles. The third-order valence-electron chi connectivity index (χ3n) is 2.47. The van der Waals surface area contributed by atoms with E-state index in [0.717, 1.165) is 0 Å². The van der Waals surface area contributed by atoms with Crippen LogP contribution in [-0.2, 0) is 14.4 Å². The van der Waals surface area contributed by atoms with Crippen LogP contribution in [-0.4, -0.2) is 42.1 Å². The number of nitrogens with zero attached hydrogens (tertiary/aromatic N) is 1. The lowest BCUT2D eigenvalue weighted by atomic mass is 9.98. The molecule has 1 unspecified atom stereocenters. The van der Waals surface area contributed by atoms with Crippen LogP contribution < -0.4 is 0 Å². The Balaban J connectivity index is 2.61. The van der Waals surface area contributed by atoms with Crippen LogP contribution in [0.25, 0.3) is 0 Å². The van der Waals surface area contributed by atoms with Crippen molar-refractivity contribution in [3.8, 4) is 0 Å². The van der Waals surface area contributed by atoms with Crippen molar-refractivity contribution in [1.29, 1.82) is 0 Å². The molecular weight excluding hydrogens is 227 g/mol. The number of hydrogen-bond donors (Lipinski definition) is 0. The highest BCUT2D eigenvalue weighted by atomic mass is 19.4. The Morgan fingerprint density at radius 1 is 1.44 bits per heavy atom. The Labute approximate surface area is 89.4 Å². The highest BCUT2D eigenvalue weighted by Gasteiger charge is 2.42. The van der Waals surface area contributed by atoms with Gasteiger partial charge in [0.05, 0.1) is 12.3 Å². The smallest absolute Gasteiger partial charge is 0.345 e. The van der Waals surface area contributed by atoms with Gasteiger partial charge in [-0.15, -0.1) is 0 Å². The number of rotatable bonds is 3. The zero-order chi connectivity index (χ0) is 12.5. The summed E-state index contributed by atoms with van der Waals surface area (Å²) in [6, 6.07) is 0. The molecule has 0 aromatic rings. The molecule has 16 heavy (non-hydrogen) atoms. The number of likely N-dealkylation sites (tertiary alicyclic amines) is 1. The molecule has 0 N–H and O–H groups in total. The molecule has 4 nitrogen and oxygen atoms in total. The number of amides is 1. The van der Waals surface area contributed by atoms with Crippen LogP contribution >= 0.6 is 0 Å². The lowest BCUT2D eigenvalue weighted by molar-refractivity contribution is -0.172. The van der Waals surface area contributed by atoms with Crippen LogP contribution in [0.4, 0.5) is 13.2 Å². The quantitative estimate of drug-likeness (QED) is 0.674. The zero-order valence-corrected chi connectivity index (χ0v) is 8.50. The average Bonchev–Trinajstić information content (AvgIpc) is 2.46. The van der Waals surface area contributed by atoms with Gasteiger partial charge in [-0.1, -0.05) is 0 Å². The summed E-state index contributed by atoms with van der Waals surface area (Å²) in [5, 5.41) is 0. The van der Waals surface area contributed by atoms with Crippen molar-refractivity contribution in [2.24, 2.45) is 5.92 Å². The van der Waals surface area contributed by atoms with Crippen LogP contribution in [0, 0.1) is 5.92 Å². The van der Waals surface area contributed by atoms with Gasteiger partial charge in [-0.3, -0.25) is 14.4 Å². The standard InChI is InChI=1S/C9H10F3NO3/c1-13-3-2-5(8(13)16)6(14)4-7(15)9(10,11)12/h5H,2-4H2,1H3. The number of carbonyl (C=O) groups excluding carboxylic acids is 3. The van der Waals surface area contributed by atoms with E-state index in [1.807, 2.05) is 0 Å². The molecule has 0 aliphatic carbocycles. The Morgan fingerprint density at radius 2 is 2.00 bits per heavy atom. The van der Waals surface area contributed by atoms with E-state index in [1.54, 1.807) is 0 Å². The van der Waals surface area contributed by atoms with E-state index in [9.17, 15) is 27.6 Å². The molecule has 0 spiro atoms. The summed E-state index contributed by atoms with van der Waals surface area (Å²) >= 11 is 0. The molecule has 0 saturated carbocycles. The van der Waals surface area contributed by atoms with Gasteiger partial charge in [-0.2, -0.15) is 13.2 Å². The monoisotopic (exact) mass is 237 g/mol. The van der Waals surface area contributed by atoms with Crippen molar-refractivity contribution < 1.29 is 27.6 Å². The summed E-state index contributed by atoms with van der Waals surface area (Å²) in [7, 11) is 1.46. The van der Waals surface area contributed by atoms with Gasteiger partial charge in [0.25, 0.3) is 0 Å². The summed E-state index contributed by atoms with van der Waals surface area (Å²) < 4.78 is 35.6. The Bertz CT molecular complexity index is 337. The highest BCUT2D eigenvalue weighted by Crippen LogP contribution is 2.23. The molecule has 1 aliphatic heterocycles. The Morgan fingerprint density at radius 3 is 2.38 bits per heavy atom. The molecule has 1 atom stereocenters. The number of Topliss-reactive ketones (excluding diaryl/α,β-unsaturated/α-hetero) is 2. The first-order valence-corrected chi connectivity index (χ1v) is 4.61. The summed E-state index contributed by atoms with van der Waals surface area (Å²) in [5.41, 5.74) is 0. The molecule has 1 aliphatic rings. The Kier molecular flexibility index (Phi) is 3.35. The van der Waals surface area contributed by atoms with Crippen LogP contribution in [0.1, 0.15) is 12.8 Å². The molecular formula is C9H10F3NO3. The zero-order valence-electron chi connectivity index (χ0n) is 8.50. The number of alkyl halides is 3. The van der Waals surface area contributed by atoms with E-state index in [1.165, 1.54) is 11.9 Å². The van der Waals surface area contributed by atoms with Gasteiger partial charge < -0.3 is 4.90 Å². The predicted octanol–water partition coefficient (Wildman–Crippen LogP) is 0.555. The third kappa shape index (κ3) is 2.59. The summed E-state index contributed by atoms with van der Waals surface area (Å²) in [6.07, 6.45) is -6.07. The third-order valence-corrected chi connectivity index (χ3v) is 2.47. The van der Waals surface area contributed by atoms with Crippen LogP contribution in [0.5, 0.6) is 0 Å². The van der Waals surface area contributed by atoms with Crippen LogP contribution in [0.2, 0.25) is 0 Å². The largest absolute Gasteiger partial charge is 0.450 e.